The van der Waals surface area contributed by atoms with Crippen molar-refractivity contribution in [3.8, 4) is 5.75 Å². The maximum Gasteiger partial charge on any atom is 0.139 e. The summed E-state index contributed by atoms with van der Waals surface area (Å²) in [7, 11) is 1.67. The van der Waals surface area contributed by atoms with Gasteiger partial charge in [-0.1, -0.05) is 0 Å². The lowest BCUT2D eigenvalue weighted by molar-refractivity contribution is -0.120. The normalized spacial score (nSPS) is 27.6. The molecule has 3 nitrogen and oxygen atoms in total. The molecule has 0 amide bonds. The standard InChI is InChI=1S/C13H15NO2/c1-16-12-4-2-10(3-5-12)14-8-9-6-11(14)7-13(9)15/h2-5,9,11H,6-8H2,1H3/t9-,11-/m0/s1. The highest BCUT2D eigenvalue weighted by Gasteiger charge is 2.43. The van der Waals surface area contributed by atoms with Gasteiger partial charge in [-0.05, 0) is 30.7 Å². The zero-order valence-corrected chi connectivity index (χ0v) is 9.35. The third kappa shape index (κ3) is 1.39. The predicted octanol–water partition coefficient (Wildman–Crippen LogP) is 1.86. The van der Waals surface area contributed by atoms with Gasteiger partial charge in [-0.25, -0.2) is 0 Å². The number of nitrogens with zero attached hydrogens (tertiary/aromatic N) is 1. The van der Waals surface area contributed by atoms with Gasteiger partial charge in [0.1, 0.15) is 11.5 Å². The summed E-state index contributed by atoms with van der Waals surface area (Å²) in [6.45, 7) is 0.899. The van der Waals surface area contributed by atoms with Crippen molar-refractivity contribution >= 4 is 11.5 Å². The average Bonchev–Trinajstić information content (AvgIpc) is 2.88. The molecule has 2 atom stereocenters. The monoisotopic (exact) mass is 217 g/mol. The van der Waals surface area contributed by atoms with Crippen LogP contribution >= 0.6 is 0 Å². The number of fused-ring (bicyclic) bond motifs is 2. The highest BCUT2D eigenvalue weighted by atomic mass is 16.5. The quantitative estimate of drug-likeness (QED) is 0.757. The van der Waals surface area contributed by atoms with E-state index in [2.05, 4.69) is 17.0 Å². The predicted molar refractivity (Wildman–Crippen MR) is 61.9 cm³/mol. The highest BCUT2D eigenvalue weighted by Crippen LogP contribution is 2.38. The second kappa shape index (κ2) is 3.51. The number of methoxy groups -OCH3 is 1. The summed E-state index contributed by atoms with van der Waals surface area (Å²) in [6.07, 6.45) is 1.78. The van der Waals surface area contributed by atoms with E-state index in [-0.39, 0.29) is 5.92 Å². The van der Waals surface area contributed by atoms with Gasteiger partial charge in [0.15, 0.2) is 0 Å². The van der Waals surface area contributed by atoms with Crippen molar-refractivity contribution in [1.82, 2.24) is 0 Å². The molecule has 1 aliphatic carbocycles. The molecule has 0 spiro atoms. The minimum absolute atomic E-state index is 0.284. The van der Waals surface area contributed by atoms with Crippen molar-refractivity contribution in [2.24, 2.45) is 5.92 Å². The van der Waals surface area contributed by atoms with Crippen molar-refractivity contribution in [3.63, 3.8) is 0 Å². The Kier molecular flexibility index (Phi) is 2.13. The Hall–Kier alpha value is -1.51. The molecule has 1 aromatic carbocycles. The number of anilines is 1. The third-order valence-corrected chi connectivity index (χ3v) is 3.71. The topological polar surface area (TPSA) is 29.5 Å². The zero-order chi connectivity index (χ0) is 11.1. The van der Waals surface area contributed by atoms with Crippen LogP contribution in [0.3, 0.4) is 0 Å². The van der Waals surface area contributed by atoms with E-state index in [4.69, 9.17) is 4.74 Å². The van der Waals surface area contributed by atoms with E-state index in [1.165, 1.54) is 5.69 Å². The minimum atomic E-state index is 0.284. The van der Waals surface area contributed by atoms with Crippen molar-refractivity contribution in [2.75, 3.05) is 18.6 Å². The van der Waals surface area contributed by atoms with E-state index >= 15 is 0 Å². The molecule has 2 fully saturated rings. The average molecular weight is 217 g/mol. The summed E-state index contributed by atoms with van der Waals surface area (Å²) in [5.41, 5.74) is 1.21. The Morgan fingerprint density at radius 2 is 2.06 bits per heavy atom. The summed E-state index contributed by atoms with van der Waals surface area (Å²) in [5.74, 6) is 1.62. The molecule has 1 aromatic rings. The van der Waals surface area contributed by atoms with Crippen LogP contribution in [0.2, 0.25) is 0 Å². The van der Waals surface area contributed by atoms with Crippen molar-refractivity contribution in [1.29, 1.82) is 0 Å². The van der Waals surface area contributed by atoms with Gasteiger partial charge < -0.3 is 9.64 Å². The number of rotatable bonds is 2. The largest absolute Gasteiger partial charge is 0.497 e. The number of ether oxygens (including phenoxy) is 1. The summed E-state index contributed by atoms with van der Waals surface area (Å²) in [5, 5.41) is 0. The van der Waals surface area contributed by atoms with E-state index in [9.17, 15) is 4.79 Å². The number of benzene rings is 1. The molecule has 0 N–H and O–H groups in total. The van der Waals surface area contributed by atoms with Crippen LogP contribution in [0.5, 0.6) is 5.75 Å². The maximum atomic E-state index is 11.5. The Morgan fingerprint density at radius 3 is 2.56 bits per heavy atom. The molecule has 1 saturated heterocycles. The van der Waals surface area contributed by atoms with Crippen molar-refractivity contribution in [3.05, 3.63) is 24.3 Å². The number of Topliss-reactive ketones (excluding diaryl/α,β-unsaturated/α-hetero) is 1. The Morgan fingerprint density at radius 1 is 1.31 bits per heavy atom. The van der Waals surface area contributed by atoms with Crippen LogP contribution < -0.4 is 9.64 Å². The van der Waals surface area contributed by atoms with Gasteiger partial charge in [-0.15, -0.1) is 0 Å². The number of ketones is 1. The SMILES string of the molecule is COc1ccc(N2C[C@@H]3C[C@H]2CC3=O)cc1. The maximum absolute atomic E-state index is 11.5. The number of carbonyl (C=O) groups excluding carboxylic acids is 1. The molecular weight excluding hydrogens is 202 g/mol. The van der Waals surface area contributed by atoms with Gasteiger partial charge in [0.2, 0.25) is 0 Å². The molecule has 0 unspecified atom stereocenters. The molecule has 1 aliphatic heterocycles. The summed E-state index contributed by atoms with van der Waals surface area (Å²) in [4.78, 5) is 13.8. The molecular formula is C13H15NO2. The lowest BCUT2D eigenvalue weighted by Gasteiger charge is -2.28. The van der Waals surface area contributed by atoms with E-state index < -0.39 is 0 Å². The summed E-state index contributed by atoms with van der Waals surface area (Å²) in [6, 6.07) is 8.53. The molecule has 84 valence electrons. The van der Waals surface area contributed by atoms with Crippen molar-refractivity contribution in [2.45, 2.75) is 18.9 Å². The highest BCUT2D eigenvalue weighted by molar-refractivity contribution is 5.87. The van der Waals surface area contributed by atoms with Crippen LogP contribution in [0, 0.1) is 5.92 Å². The number of hydrogen-bond donors (Lipinski definition) is 0. The van der Waals surface area contributed by atoms with Crippen LogP contribution in [-0.4, -0.2) is 25.5 Å². The molecule has 1 heterocycles. The van der Waals surface area contributed by atoms with E-state index in [0.29, 0.717) is 11.8 Å². The number of hydrogen-bond acceptors (Lipinski definition) is 3. The second-order valence-electron chi connectivity index (χ2n) is 4.61. The van der Waals surface area contributed by atoms with Crippen LogP contribution in [0.1, 0.15) is 12.8 Å². The lowest BCUT2D eigenvalue weighted by Crippen LogP contribution is -2.35. The molecule has 3 heteroatoms. The Labute approximate surface area is 95.0 Å². The first-order chi connectivity index (χ1) is 7.78. The van der Waals surface area contributed by atoms with Crippen LogP contribution in [-0.2, 0) is 4.79 Å². The third-order valence-electron chi connectivity index (χ3n) is 3.71. The fourth-order valence-corrected chi connectivity index (χ4v) is 2.83. The lowest BCUT2D eigenvalue weighted by atomic mass is 10.1. The molecule has 2 aliphatic rings. The van der Waals surface area contributed by atoms with Gasteiger partial charge in [-0.3, -0.25) is 4.79 Å². The van der Waals surface area contributed by atoms with Gasteiger partial charge in [-0.2, -0.15) is 0 Å². The van der Waals surface area contributed by atoms with E-state index in [1.807, 2.05) is 12.1 Å². The van der Waals surface area contributed by atoms with E-state index in [1.54, 1.807) is 7.11 Å². The molecule has 1 saturated carbocycles. The van der Waals surface area contributed by atoms with E-state index in [0.717, 1.165) is 25.1 Å². The van der Waals surface area contributed by atoms with Gasteiger partial charge in [0, 0.05) is 30.6 Å². The second-order valence-corrected chi connectivity index (χ2v) is 4.61. The molecule has 16 heavy (non-hydrogen) atoms. The fraction of sp³-hybridized carbons (Fsp3) is 0.462. The number of piperidine rings is 1. The summed E-state index contributed by atoms with van der Waals surface area (Å²) < 4.78 is 5.14. The van der Waals surface area contributed by atoms with Crippen molar-refractivity contribution < 1.29 is 9.53 Å². The Bertz CT molecular complexity index is 412. The van der Waals surface area contributed by atoms with Gasteiger partial charge >= 0.3 is 0 Å². The zero-order valence-electron chi connectivity index (χ0n) is 9.35. The molecule has 3 rings (SSSR count). The smallest absolute Gasteiger partial charge is 0.139 e. The van der Waals surface area contributed by atoms with Gasteiger partial charge in [0.25, 0.3) is 0 Å². The molecule has 0 radical (unpaired) electrons. The summed E-state index contributed by atoms with van der Waals surface area (Å²) >= 11 is 0. The Balaban J connectivity index is 1.81. The van der Waals surface area contributed by atoms with Crippen LogP contribution in [0.25, 0.3) is 0 Å². The number of carbonyl (C=O) groups is 1. The van der Waals surface area contributed by atoms with Crippen LogP contribution in [0.15, 0.2) is 24.3 Å². The molecule has 0 aromatic heterocycles. The van der Waals surface area contributed by atoms with Gasteiger partial charge in [0.05, 0.1) is 7.11 Å². The first-order valence-corrected chi connectivity index (χ1v) is 5.71. The molecule has 2 bridgehead atoms. The first kappa shape index (κ1) is 9.70. The van der Waals surface area contributed by atoms with Crippen LogP contribution in [0.4, 0.5) is 5.69 Å². The fourth-order valence-electron chi connectivity index (χ4n) is 2.83. The minimum Gasteiger partial charge on any atom is -0.497 e. The first-order valence-electron chi connectivity index (χ1n) is 5.71.